The van der Waals surface area contributed by atoms with Gasteiger partial charge >= 0.3 is 0 Å². The summed E-state index contributed by atoms with van der Waals surface area (Å²) in [7, 11) is 3.70. The minimum Gasteiger partial charge on any atom is -0.389 e. The molecule has 0 unspecified atom stereocenters. The molecule has 6 heteroatoms. The standard InChI is InChI=1S/C15H23N3O2S/c1-18(9-10-20-2)8-4-7-14(19)17-13-6-3-5-12(11-13)15(16)21/h3,5-6,11H,4,7-10H2,1-2H3,(H2,16,21)(H,17,19). The van der Waals surface area contributed by atoms with Gasteiger partial charge in [-0.3, -0.25) is 4.79 Å². The van der Waals surface area contributed by atoms with E-state index in [1.807, 2.05) is 25.2 Å². The van der Waals surface area contributed by atoms with Gasteiger partial charge in [0.2, 0.25) is 5.91 Å². The van der Waals surface area contributed by atoms with E-state index in [0.717, 1.165) is 30.8 Å². The van der Waals surface area contributed by atoms with Crippen LogP contribution in [0.3, 0.4) is 0 Å². The van der Waals surface area contributed by atoms with Crippen LogP contribution in [-0.2, 0) is 9.53 Å². The summed E-state index contributed by atoms with van der Waals surface area (Å²) in [4.78, 5) is 14.3. The first-order chi connectivity index (χ1) is 10.0. The number of nitrogens with two attached hydrogens (primary N) is 1. The molecule has 0 aromatic heterocycles. The van der Waals surface area contributed by atoms with Crippen LogP contribution in [0.1, 0.15) is 18.4 Å². The van der Waals surface area contributed by atoms with Crippen LogP contribution in [0.25, 0.3) is 0 Å². The van der Waals surface area contributed by atoms with Crippen LogP contribution in [0, 0.1) is 0 Å². The van der Waals surface area contributed by atoms with Gasteiger partial charge in [-0.25, -0.2) is 0 Å². The number of hydrogen-bond acceptors (Lipinski definition) is 4. The third kappa shape index (κ3) is 7.17. The maximum atomic E-state index is 11.9. The molecular weight excluding hydrogens is 286 g/mol. The molecule has 3 N–H and O–H groups in total. The Morgan fingerprint density at radius 1 is 1.43 bits per heavy atom. The first-order valence-electron chi connectivity index (χ1n) is 6.90. The number of anilines is 1. The van der Waals surface area contributed by atoms with Crippen molar-refractivity contribution in [2.75, 3.05) is 39.2 Å². The van der Waals surface area contributed by atoms with Gasteiger partial charge in [0.1, 0.15) is 4.99 Å². The average Bonchev–Trinajstić information content (AvgIpc) is 2.45. The van der Waals surface area contributed by atoms with E-state index in [4.69, 9.17) is 22.7 Å². The van der Waals surface area contributed by atoms with E-state index in [1.54, 1.807) is 13.2 Å². The summed E-state index contributed by atoms with van der Waals surface area (Å²) < 4.78 is 5.01. The summed E-state index contributed by atoms with van der Waals surface area (Å²) in [5, 5.41) is 2.86. The lowest BCUT2D eigenvalue weighted by molar-refractivity contribution is -0.116. The molecule has 0 fully saturated rings. The monoisotopic (exact) mass is 309 g/mol. The van der Waals surface area contributed by atoms with Crippen LogP contribution < -0.4 is 11.1 Å². The van der Waals surface area contributed by atoms with Crippen molar-refractivity contribution in [2.24, 2.45) is 5.73 Å². The number of amides is 1. The van der Waals surface area contributed by atoms with Gasteiger partial charge < -0.3 is 20.7 Å². The molecule has 0 spiro atoms. The molecule has 0 bridgehead atoms. The molecule has 0 saturated heterocycles. The summed E-state index contributed by atoms with van der Waals surface area (Å²) in [6.07, 6.45) is 1.29. The Bertz CT molecular complexity index is 480. The van der Waals surface area contributed by atoms with E-state index in [-0.39, 0.29) is 5.91 Å². The topological polar surface area (TPSA) is 67.6 Å². The SMILES string of the molecule is COCCN(C)CCCC(=O)Nc1cccc(C(N)=S)c1. The van der Waals surface area contributed by atoms with Crippen molar-refractivity contribution in [3.63, 3.8) is 0 Å². The maximum Gasteiger partial charge on any atom is 0.224 e. The molecule has 5 nitrogen and oxygen atoms in total. The predicted octanol–water partition coefficient (Wildman–Crippen LogP) is 1.62. The molecule has 1 amide bonds. The third-order valence-electron chi connectivity index (χ3n) is 3.05. The van der Waals surface area contributed by atoms with Gasteiger partial charge in [0.05, 0.1) is 6.61 Å². The fourth-order valence-electron chi connectivity index (χ4n) is 1.84. The zero-order chi connectivity index (χ0) is 15.7. The molecule has 1 aromatic rings. The second kappa shape index (κ2) is 9.44. The summed E-state index contributed by atoms with van der Waals surface area (Å²) >= 11 is 4.92. The van der Waals surface area contributed by atoms with Gasteiger partial charge in [-0.2, -0.15) is 0 Å². The summed E-state index contributed by atoms with van der Waals surface area (Å²) in [6.45, 7) is 2.44. The molecule has 1 aromatic carbocycles. The molecule has 1 rings (SSSR count). The molecular formula is C15H23N3O2S. The number of carbonyl (C=O) groups is 1. The van der Waals surface area contributed by atoms with E-state index >= 15 is 0 Å². The van der Waals surface area contributed by atoms with Gasteiger partial charge in [-0.15, -0.1) is 0 Å². The number of nitrogens with zero attached hydrogens (tertiary/aromatic N) is 1. The lowest BCUT2D eigenvalue weighted by Gasteiger charge is -2.15. The predicted molar refractivity (Wildman–Crippen MR) is 89.6 cm³/mol. The van der Waals surface area contributed by atoms with Crippen molar-refractivity contribution in [1.29, 1.82) is 0 Å². The number of likely N-dealkylation sites (N-methyl/N-ethyl adjacent to an activating group) is 1. The number of ether oxygens (including phenoxy) is 1. The highest BCUT2D eigenvalue weighted by Crippen LogP contribution is 2.11. The second-order valence-corrected chi connectivity index (χ2v) is 5.33. The molecule has 0 aliphatic heterocycles. The summed E-state index contributed by atoms with van der Waals surface area (Å²) in [5.41, 5.74) is 7.04. The Hall–Kier alpha value is -1.50. The van der Waals surface area contributed by atoms with Gasteiger partial charge in [-0.1, -0.05) is 24.4 Å². The largest absolute Gasteiger partial charge is 0.389 e. The zero-order valence-electron chi connectivity index (χ0n) is 12.6. The molecule has 0 saturated carbocycles. The number of rotatable bonds is 9. The Labute approximate surface area is 131 Å². The van der Waals surface area contributed by atoms with Gasteiger partial charge in [0, 0.05) is 31.3 Å². The number of thiocarbonyl (C=S) groups is 1. The molecule has 0 aliphatic rings. The van der Waals surface area contributed by atoms with Crippen LogP contribution in [0.4, 0.5) is 5.69 Å². The molecule has 0 heterocycles. The number of nitrogens with one attached hydrogen (secondary N) is 1. The first kappa shape index (κ1) is 17.6. The number of hydrogen-bond donors (Lipinski definition) is 2. The van der Waals surface area contributed by atoms with Crippen molar-refractivity contribution >= 4 is 28.8 Å². The highest BCUT2D eigenvalue weighted by Gasteiger charge is 2.05. The Morgan fingerprint density at radius 2 is 2.19 bits per heavy atom. The first-order valence-corrected chi connectivity index (χ1v) is 7.31. The normalized spacial score (nSPS) is 10.6. The van der Waals surface area contributed by atoms with E-state index in [0.29, 0.717) is 18.0 Å². The minimum absolute atomic E-state index is 0.00442. The van der Waals surface area contributed by atoms with Crippen molar-refractivity contribution in [3.05, 3.63) is 29.8 Å². The van der Waals surface area contributed by atoms with E-state index in [1.165, 1.54) is 0 Å². The molecule has 116 valence electrons. The van der Waals surface area contributed by atoms with Crippen LogP contribution >= 0.6 is 12.2 Å². The fourth-order valence-corrected chi connectivity index (χ4v) is 1.97. The average molecular weight is 309 g/mol. The Morgan fingerprint density at radius 3 is 2.86 bits per heavy atom. The molecule has 0 aliphatic carbocycles. The highest BCUT2D eigenvalue weighted by atomic mass is 32.1. The van der Waals surface area contributed by atoms with Gasteiger partial charge in [0.15, 0.2) is 0 Å². The van der Waals surface area contributed by atoms with Crippen molar-refractivity contribution in [1.82, 2.24) is 4.90 Å². The summed E-state index contributed by atoms with van der Waals surface area (Å²) in [6, 6.07) is 7.25. The smallest absolute Gasteiger partial charge is 0.224 e. The molecule has 21 heavy (non-hydrogen) atoms. The number of methoxy groups -OCH3 is 1. The van der Waals surface area contributed by atoms with E-state index in [9.17, 15) is 4.79 Å². The maximum absolute atomic E-state index is 11.9. The van der Waals surface area contributed by atoms with Gasteiger partial charge in [0.25, 0.3) is 0 Å². The van der Waals surface area contributed by atoms with Crippen LogP contribution in [-0.4, -0.2) is 49.6 Å². The molecule has 0 atom stereocenters. The minimum atomic E-state index is -0.00442. The fraction of sp³-hybridized carbons (Fsp3) is 0.467. The quantitative estimate of drug-likeness (QED) is 0.679. The van der Waals surface area contributed by atoms with E-state index in [2.05, 4.69) is 10.2 Å². The van der Waals surface area contributed by atoms with Crippen LogP contribution in [0.2, 0.25) is 0 Å². The second-order valence-electron chi connectivity index (χ2n) is 4.89. The third-order valence-corrected chi connectivity index (χ3v) is 3.29. The summed E-state index contributed by atoms with van der Waals surface area (Å²) in [5.74, 6) is -0.00442. The van der Waals surface area contributed by atoms with Crippen molar-refractivity contribution < 1.29 is 9.53 Å². The van der Waals surface area contributed by atoms with E-state index < -0.39 is 0 Å². The lowest BCUT2D eigenvalue weighted by Crippen LogP contribution is -2.25. The number of benzene rings is 1. The highest BCUT2D eigenvalue weighted by molar-refractivity contribution is 7.80. The zero-order valence-corrected chi connectivity index (χ0v) is 13.4. The number of carbonyl (C=O) groups excluding carboxylic acids is 1. The van der Waals surface area contributed by atoms with Crippen molar-refractivity contribution in [3.8, 4) is 0 Å². The van der Waals surface area contributed by atoms with Crippen LogP contribution in [0.5, 0.6) is 0 Å². The van der Waals surface area contributed by atoms with Crippen LogP contribution in [0.15, 0.2) is 24.3 Å². The Kier molecular flexibility index (Phi) is 7.89. The van der Waals surface area contributed by atoms with Crippen molar-refractivity contribution in [2.45, 2.75) is 12.8 Å². The molecule has 0 radical (unpaired) electrons. The Balaban J connectivity index is 2.33. The van der Waals surface area contributed by atoms with Gasteiger partial charge in [-0.05, 0) is 32.1 Å². The lowest BCUT2D eigenvalue weighted by atomic mass is 10.2.